The zero-order chi connectivity index (χ0) is 30.6. The number of hydrogen-bond donors (Lipinski definition) is 3. The molecule has 0 bridgehead atoms. The molecule has 228 valence electrons. The van der Waals surface area contributed by atoms with Gasteiger partial charge in [-0.1, -0.05) is 94.4 Å². The lowest BCUT2D eigenvalue weighted by Crippen LogP contribution is -2.52. The van der Waals surface area contributed by atoms with Gasteiger partial charge in [0.05, 0.1) is 17.9 Å². The molecule has 0 heterocycles. The summed E-state index contributed by atoms with van der Waals surface area (Å²) < 4.78 is 0. The number of rotatable bonds is 15. The molecular formula is C34H60N4O2. The number of aldehydes is 1. The largest absolute Gasteiger partial charge is 0.376 e. The van der Waals surface area contributed by atoms with Crippen molar-refractivity contribution in [2.75, 3.05) is 13.6 Å². The minimum atomic E-state index is -0.314. The first kappa shape index (κ1) is 34.0. The minimum absolute atomic E-state index is 0.00326. The average Bonchev–Trinajstić information content (AvgIpc) is 3.38. The molecular weight excluding hydrogens is 496 g/mol. The van der Waals surface area contributed by atoms with E-state index in [1.54, 1.807) is 0 Å². The highest BCUT2D eigenvalue weighted by molar-refractivity contribution is 5.82. The molecule has 2 saturated carbocycles. The fourth-order valence-electron chi connectivity index (χ4n) is 6.91. The van der Waals surface area contributed by atoms with Crippen LogP contribution in [0.3, 0.4) is 0 Å². The van der Waals surface area contributed by atoms with Crippen molar-refractivity contribution in [2.45, 2.75) is 118 Å². The van der Waals surface area contributed by atoms with Gasteiger partial charge in [0.25, 0.3) is 0 Å². The van der Waals surface area contributed by atoms with Crippen molar-refractivity contribution in [3.05, 3.63) is 36.8 Å². The summed E-state index contributed by atoms with van der Waals surface area (Å²) in [7, 11) is 2.12. The van der Waals surface area contributed by atoms with Crippen LogP contribution in [0.2, 0.25) is 0 Å². The van der Waals surface area contributed by atoms with Gasteiger partial charge >= 0.3 is 0 Å². The van der Waals surface area contributed by atoms with E-state index in [1.165, 1.54) is 32.1 Å². The highest BCUT2D eigenvalue weighted by atomic mass is 16.2. The van der Waals surface area contributed by atoms with Gasteiger partial charge in [-0.3, -0.25) is 9.59 Å². The molecule has 1 amide bonds. The third kappa shape index (κ3) is 8.63. The lowest BCUT2D eigenvalue weighted by molar-refractivity contribution is -0.126. The van der Waals surface area contributed by atoms with E-state index in [9.17, 15) is 9.59 Å². The van der Waals surface area contributed by atoms with E-state index in [0.717, 1.165) is 24.3 Å². The summed E-state index contributed by atoms with van der Waals surface area (Å²) in [5, 5.41) is 10.5. The molecule has 3 N–H and O–H groups in total. The standard InChI is InChI=1S/C34H60N4O2/c1-22(2)19-28(23(3)21-39)36-31(40)24(4)29-27(33(29,10)11)20-38(13)25(5)30(32(7,8)9)35-26(6)37-34(12)17-15-14-16-18-34/h21-22,24,27-30,35,37H,3,5-6,14-20H2,1-2,4,7-13H3,(H,36,40)/t24?,27-,28?,29?,30?/m0/s1. The van der Waals surface area contributed by atoms with Crippen LogP contribution in [0.25, 0.3) is 0 Å². The summed E-state index contributed by atoms with van der Waals surface area (Å²) in [5.74, 6) is 1.66. The van der Waals surface area contributed by atoms with Crippen molar-refractivity contribution in [1.82, 2.24) is 20.9 Å². The molecule has 5 atom stereocenters. The van der Waals surface area contributed by atoms with Gasteiger partial charge in [-0.05, 0) is 54.8 Å². The molecule has 4 unspecified atom stereocenters. The monoisotopic (exact) mass is 556 g/mol. The maximum absolute atomic E-state index is 13.3. The molecule has 0 aliphatic heterocycles. The zero-order valence-electron chi connectivity index (χ0n) is 27.4. The summed E-state index contributed by atoms with van der Waals surface area (Å²) >= 11 is 0. The van der Waals surface area contributed by atoms with Crippen LogP contribution >= 0.6 is 0 Å². The van der Waals surface area contributed by atoms with E-state index in [1.807, 2.05) is 6.92 Å². The first-order chi connectivity index (χ1) is 18.3. The Morgan fingerprint density at radius 2 is 1.60 bits per heavy atom. The first-order valence-corrected chi connectivity index (χ1v) is 15.4. The number of likely N-dealkylation sites (N-methyl/N-ethyl adjacent to an activating group) is 1. The molecule has 2 aliphatic rings. The van der Waals surface area contributed by atoms with Gasteiger partial charge in [0, 0.05) is 36.3 Å². The molecule has 6 heteroatoms. The van der Waals surface area contributed by atoms with Crippen molar-refractivity contribution in [3.8, 4) is 0 Å². The van der Waals surface area contributed by atoms with E-state index in [0.29, 0.717) is 23.8 Å². The summed E-state index contributed by atoms with van der Waals surface area (Å²) in [5.41, 5.74) is 1.52. The molecule has 6 nitrogen and oxygen atoms in total. The van der Waals surface area contributed by atoms with Crippen LogP contribution in [0.4, 0.5) is 0 Å². The second kappa shape index (κ2) is 13.2. The number of amides is 1. The van der Waals surface area contributed by atoms with Crippen LogP contribution in [-0.4, -0.2) is 48.3 Å². The van der Waals surface area contributed by atoms with E-state index in [-0.39, 0.29) is 46.2 Å². The predicted octanol–water partition coefficient (Wildman–Crippen LogP) is 6.41. The zero-order valence-corrected chi connectivity index (χ0v) is 27.4. The molecule has 0 aromatic carbocycles. The number of nitrogens with zero attached hydrogens (tertiary/aromatic N) is 1. The van der Waals surface area contributed by atoms with E-state index < -0.39 is 0 Å². The topological polar surface area (TPSA) is 73.5 Å². The Morgan fingerprint density at radius 3 is 2.10 bits per heavy atom. The Hall–Kier alpha value is -2.24. The van der Waals surface area contributed by atoms with Gasteiger partial charge in [-0.25, -0.2) is 0 Å². The van der Waals surface area contributed by atoms with Crippen molar-refractivity contribution in [3.63, 3.8) is 0 Å². The third-order valence-corrected chi connectivity index (χ3v) is 9.60. The number of carbonyl (C=O) groups excluding carboxylic acids is 2. The van der Waals surface area contributed by atoms with Gasteiger partial charge in [-0.2, -0.15) is 0 Å². The van der Waals surface area contributed by atoms with Gasteiger partial charge < -0.3 is 20.9 Å². The Bertz CT molecular complexity index is 938. The second-order valence-electron chi connectivity index (χ2n) is 15.2. The summed E-state index contributed by atoms with van der Waals surface area (Å²) in [4.78, 5) is 27.0. The van der Waals surface area contributed by atoms with Crippen LogP contribution in [0, 0.1) is 34.5 Å². The lowest BCUT2D eigenvalue weighted by Gasteiger charge is -2.41. The predicted molar refractivity (Wildman–Crippen MR) is 168 cm³/mol. The molecule has 2 fully saturated rings. The van der Waals surface area contributed by atoms with Crippen molar-refractivity contribution >= 4 is 12.2 Å². The van der Waals surface area contributed by atoms with Crippen molar-refractivity contribution < 1.29 is 9.59 Å². The minimum Gasteiger partial charge on any atom is -0.376 e. The highest BCUT2D eigenvalue weighted by Crippen LogP contribution is 2.62. The van der Waals surface area contributed by atoms with Gasteiger partial charge in [0.2, 0.25) is 5.91 Å². The number of carbonyl (C=O) groups is 2. The van der Waals surface area contributed by atoms with Crippen molar-refractivity contribution in [2.24, 2.45) is 34.5 Å². The third-order valence-electron chi connectivity index (χ3n) is 9.60. The fraction of sp³-hybridized carbons (Fsp3) is 0.765. The van der Waals surface area contributed by atoms with E-state index in [4.69, 9.17) is 0 Å². The summed E-state index contributed by atoms with van der Waals surface area (Å²) in [6.45, 7) is 33.3. The maximum atomic E-state index is 13.3. The maximum Gasteiger partial charge on any atom is 0.223 e. The summed E-state index contributed by atoms with van der Waals surface area (Å²) in [6.07, 6.45) is 7.63. The van der Waals surface area contributed by atoms with Gasteiger partial charge in [0.15, 0.2) is 0 Å². The van der Waals surface area contributed by atoms with Crippen LogP contribution < -0.4 is 16.0 Å². The Morgan fingerprint density at radius 1 is 1.02 bits per heavy atom. The lowest BCUT2D eigenvalue weighted by atomic mass is 9.83. The van der Waals surface area contributed by atoms with Crippen LogP contribution in [0.1, 0.15) is 101 Å². The number of hydrogen-bond acceptors (Lipinski definition) is 5. The quantitative estimate of drug-likeness (QED) is 0.160. The molecule has 40 heavy (non-hydrogen) atoms. The molecule has 2 aliphatic carbocycles. The smallest absolute Gasteiger partial charge is 0.223 e. The van der Waals surface area contributed by atoms with Gasteiger partial charge in [0.1, 0.15) is 6.29 Å². The Labute approximate surface area is 245 Å². The Kier molecular flexibility index (Phi) is 11.2. The molecule has 0 radical (unpaired) electrons. The van der Waals surface area contributed by atoms with Gasteiger partial charge in [-0.15, -0.1) is 0 Å². The summed E-state index contributed by atoms with van der Waals surface area (Å²) in [6, 6.07) is -0.303. The fourth-order valence-corrected chi connectivity index (χ4v) is 6.91. The first-order valence-electron chi connectivity index (χ1n) is 15.4. The normalized spacial score (nSPS) is 23.8. The van der Waals surface area contributed by atoms with E-state index in [2.05, 4.69) is 103 Å². The van der Waals surface area contributed by atoms with Crippen LogP contribution in [-0.2, 0) is 9.59 Å². The Balaban J connectivity index is 2.06. The van der Waals surface area contributed by atoms with Crippen LogP contribution in [0.5, 0.6) is 0 Å². The van der Waals surface area contributed by atoms with E-state index >= 15 is 0 Å². The SMILES string of the molecule is C=C(NC(C(=C)N(C)C[C@H]1C(C(C)C(=O)NC(CC(C)C)C(=C)C=O)C1(C)C)C(C)(C)C)NC1(C)CCCCC1. The second-order valence-corrected chi connectivity index (χ2v) is 15.2. The van der Waals surface area contributed by atoms with Crippen molar-refractivity contribution in [1.29, 1.82) is 0 Å². The molecule has 0 aromatic heterocycles. The molecule has 0 spiro atoms. The average molecular weight is 557 g/mol. The highest BCUT2D eigenvalue weighted by Gasteiger charge is 2.61. The molecule has 0 aromatic rings. The molecule has 0 saturated heterocycles. The molecule has 2 rings (SSSR count). The number of nitrogens with one attached hydrogen (secondary N) is 3. The van der Waals surface area contributed by atoms with Crippen LogP contribution in [0.15, 0.2) is 36.8 Å².